The fraction of sp³-hybridized carbons (Fsp3) is 0.714. The maximum Gasteiger partial charge on any atom is 0.410 e. The average Bonchev–Trinajstić information content (AvgIpc) is 3.16. The molecular weight excluding hydrogens is 472 g/mol. The van der Waals surface area contributed by atoms with E-state index in [-0.39, 0.29) is 12.1 Å². The Morgan fingerprint density at radius 2 is 1.77 bits per heavy atom. The van der Waals surface area contributed by atoms with Gasteiger partial charge in [-0.25, -0.2) is 9.78 Å². The van der Waals surface area contributed by atoms with Crippen molar-refractivity contribution < 1.29 is 14.6 Å². The molecule has 2 heterocycles. The molecule has 1 amide bonds. The standard InChI is InChI=1S/C28H46N2O3SSi/c1-18(2)35(19(3)4,20(5)6)26-29-23-15-12-14-22(25(23)34-26)24(31)17-21-13-10-11-16-30(21)27(32)33-28(7,8)9/h12,14-15,18-21,24,31H,10-11,13,16-17H2,1-9H3. The number of ether oxygens (including phenoxy) is 1. The predicted molar refractivity (Wildman–Crippen MR) is 150 cm³/mol. The number of carbonyl (C=O) groups excluding carboxylic acids is 1. The number of aliphatic hydroxyl groups excluding tert-OH is 1. The first-order chi connectivity index (χ1) is 16.3. The topological polar surface area (TPSA) is 62.7 Å². The molecule has 1 aromatic heterocycles. The van der Waals surface area contributed by atoms with E-state index in [1.54, 1.807) is 11.3 Å². The third-order valence-corrected chi connectivity index (χ3v) is 16.7. The first-order valence-corrected chi connectivity index (χ1v) is 16.4. The minimum Gasteiger partial charge on any atom is -0.444 e. The van der Waals surface area contributed by atoms with Gasteiger partial charge in [0.25, 0.3) is 0 Å². The number of aromatic nitrogens is 1. The molecule has 0 spiro atoms. The third-order valence-electron chi connectivity index (χ3n) is 7.79. The largest absolute Gasteiger partial charge is 0.444 e. The van der Waals surface area contributed by atoms with Gasteiger partial charge in [-0.3, -0.25) is 0 Å². The Labute approximate surface area is 217 Å². The van der Waals surface area contributed by atoms with Gasteiger partial charge in [-0.15, -0.1) is 11.3 Å². The third kappa shape index (κ3) is 5.77. The zero-order valence-electron chi connectivity index (χ0n) is 23.2. The van der Waals surface area contributed by atoms with E-state index in [2.05, 4.69) is 47.6 Å². The van der Waals surface area contributed by atoms with Gasteiger partial charge in [0, 0.05) is 12.6 Å². The Bertz CT molecular complexity index is 990. The van der Waals surface area contributed by atoms with Gasteiger partial charge < -0.3 is 14.7 Å². The minimum absolute atomic E-state index is 0.0216. The van der Waals surface area contributed by atoms with Gasteiger partial charge >= 0.3 is 6.09 Å². The van der Waals surface area contributed by atoms with Crippen LogP contribution in [0.15, 0.2) is 18.2 Å². The maximum absolute atomic E-state index is 12.9. The molecule has 0 radical (unpaired) electrons. The number of amides is 1. The lowest BCUT2D eigenvalue weighted by Crippen LogP contribution is -2.55. The number of benzene rings is 1. The van der Waals surface area contributed by atoms with E-state index in [1.807, 2.05) is 37.8 Å². The van der Waals surface area contributed by atoms with Crippen molar-refractivity contribution in [1.29, 1.82) is 0 Å². The average molecular weight is 519 g/mol. The van der Waals surface area contributed by atoms with Gasteiger partial charge in [-0.1, -0.05) is 53.7 Å². The summed E-state index contributed by atoms with van der Waals surface area (Å²) in [5.74, 6) is 0. The molecule has 3 rings (SSSR count). The molecule has 0 saturated carbocycles. The molecule has 1 aromatic carbocycles. The zero-order valence-corrected chi connectivity index (χ0v) is 25.0. The van der Waals surface area contributed by atoms with E-state index in [4.69, 9.17) is 9.72 Å². The summed E-state index contributed by atoms with van der Waals surface area (Å²) in [6.45, 7) is 20.6. The van der Waals surface area contributed by atoms with Crippen molar-refractivity contribution in [1.82, 2.24) is 9.88 Å². The Kier molecular flexibility index (Phi) is 8.76. The van der Waals surface area contributed by atoms with E-state index >= 15 is 0 Å². The van der Waals surface area contributed by atoms with Crippen LogP contribution in [0.2, 0.25) is 16.6 Å². The molecule has 2 atom stereocenters. The van der Waals surface area contributed by atoms with Crippen molar-refractivity contribution in [3.05, 3.63) is 23.8 Å². The van der Waals surface area contributed by atoms with Crippen molar-refractivity contribution in [2.24, 2.45) is 0 Å². The zero-order chi connectivity index (χ0) is 26.1. The lowest BCUT2D eigenvalue weighted by molar-refractivity contribution is 0.00246. The van der Waals surface area contributed by atoms with E-state index < -0.39 is 19.8 Å². The summed E-state index contributed by atoms with van der Waals surface area (Å²) in [7, 11) is -1.88. The summed E-state index contributed by atoms with van der Waals surface area (Å²) in [5.41, 5.74) is 3.17. The van der Waals surface area contributed by atoms with E-state index in [1.165, 1.54) is 4.63 Å². The normalized spacial score (nSPS) is 18.7. The van der Waals surface area contributed by atoms with Gasteiger partial charge in [0.1, 0.15) is 13.7 Å². The Morgan fingerprint density at radius 3 is 2.34 bits per heavy atom. The molecule has 1 aliphatic rings. The number of rotatable bonds is 7. The summed E-state index contributed by atoms with van der Waals surface area (Å²) in [5, 5.41) is 11.5. The highest BCUT2D eigenvalue weighted by molar-refractivity contribution is 7.31. The number of hydrogen-bond acceptors (Lipinski definition) is 5. The van der Waals surface area contributed by atoms with E-state index in [9.17, 15) is 9.90 Å². The van der Waals surface area contributed by atoms with Crippen molar-refractivity contribution in [3.8, 4) is 0 Å². The Morgan fingerprint density at radius 1 is 1.14 bits per heavy atom. The monoisotopic (exact) mass is 518 g/mol. The van der Waals surface area contributed by atoms with Gasteiger partial charge in [-0.05, 0) is 74.7 Å². The fourth-order valence-corrected chi connectivity index (χ4v) is 16.2. The second-order valence-electron chi connectivity index (χ2n) is 12.2. The van der Waals surface area contributed by atoms with Crippen LogP contribution < -0.4 is 4.63 Å². The summed E-state index contributed by atoms with van der Waals surface area (Å²) in [6.07, 6.45) is 2.54. The Hall–Kier alpha value is -1.44. The molecule has 0 bridgehead atoms. The van der Waals surface area contributed by atoms with Crippen LogP contribution >= 0.6 is 11.3 Å². The number of aliphatic hydroxyl groups is 1. The highest BCUT2D eigenvalue weighted by atomic mass is 32.1. The predicted octanol–water partition coefficient (Wildman–Crippen LogP) is 7.40. The van der Waals surface area contributed by atoms with Crippen LogP contribution in [-0.4, -0.2) is 47.3 Å². The van der Waals surface area contributed by atoms with Crippen LogP contribution in [0.1, 0.15) is 99.7 Å². The van der Waals surface area contributed by atoms with Crippen LogP contribution in [0.4, 0.5) is 4.79 Å². The van der Waals surface area contributed by atoms with E-state index in [0.29, 0.717) is 29.6 Å². The number of hydrogen-bond donors (Lipinski definition) is 1. The lowest BCUT2D eigenvalue weighted by Gasteiger charge is -2.41. The number of thiazole rings is 1. The molecule has 2 aromatic rings. The Balaban J connectivity index is 1.94. The van der Waals surface area contributed by atoms with Crippen LogP contribution in [0.3, 0.4) is 0 Å². The van der Waals surface area contributed by atoms with Crippen LogP contribution in [0.25, 0.3) is 10.2 Å². The van der Waals surface area contributed by atoms with Gasteiger partial charge in [0.15, 0.2) is 0 Å². The smallest absolute Gasteiger partial charge is 0.410 e. The second kappa shape index (κ2) is 10.9. The molecule has 7 heteroatoms. The number of fused-ring (bicyclic) bond motifs is 1. The summed E-state index contributed by atoms with van der Waals surface area (Å²) < 4.78 is 8.09. The summed E-state index contributed by atoms with van der Waals surface area (Å²) >= 11 is 1.81. The highest BCUT2D eigenvalue weighted by Crippen LogP contribution is 2.43. The molecule has 1 fully saturated rings. The molecule has 1 N–H and O–H groups in total. The molecule has 0 aliphatic carbocycles. The molecular formula is C28H46N2O3SSi. The molecule has 1 aliphatic heterocycles. The van der Waals surface area contributed by atoms with Crippen molar-refractivity contribution in [3.63, 3.8) is 0 Å². The van der Waals surface area contributed by atoms with Crippen LogP contribution in [0, 0.1) is 0 Å². The quantitative estimate of drug-likeness (QED) is 0.388. The molecule has 1 saturated heterocycles. The van der Waals surface area contributed by atoms with E-state index in [0.717, 1.165) is 35.0 Å². The highest BCUT2D eigenvalue weighted by Gasteiger charge is 2.47. The first kappa shape index (κ1) is 28.1. The molecule has 5 nitrogen and oxygen atoms in total. The van der Waals surface area contributed by atoms with Crippen LogP contribution in [0.5, 0.6) is 0 Å². The lowest BCUT2D eigenvalue weighted by atomic mass is 9.94. The first-order valence-electron chi connectivity index (χ1n) is 13.4. The fourth-order valence-electron chi connectivity index (χ4n) is 6.35. The van der Waals surface area contributed by atoms with Crippen LogP contribution in [-0.2, 0) is 4.74 Å². The number of piperidine rings is 1. The van der Waals surface area contributed by atoms with Gasteiger partial charge in [-0.2, -0.15) is 0 Å². The van der Waals surface area contributed by atoms with Gasteiger partial charge in [0.2, 0.25) is 0 Å². The number of carbonyl (C=O) groups is 1. The molecule has 196 valence electrons. The summed E-state index contributed by atoms with van der Waals surface area (Å²) in [6, 6.07) is 6.12. The van der Waals surface area contributed by atoms with Gasteiger partial charge in [0.05, 0.1) is 21.0 Å². The number of likely N-dealkylation sites (tertiary alicyclic amines) is 1. The summed E-state index contributed by atoms with van der Waals surface area (Å²) in [4.78, 5) is 19.9. The second-order valence-corrected chi connectivity index (χ2v) is 19.4. The minimum atomic E-state index is -1.88. The maximum atomic E-state index is 12.9. The SMILES string of the molecule is CC(C)[Si](c1nc2cccc(C(O)CC3CCCCN3C(=O)OC(C)(C)C)c2s1)(C(C)C)C(C)C. The van der Waals surface area contributed by atoms with Crippen molar-refractivity contribution in [2.75, 3.05) is 6.54 Å². The van der Waals surface area contributed by atoms with Crippen molar-refractivity contribution >= 4 is 40.4 Å². The number of nitrogens with zero attached hydrogens (tertiary/aromatic N) is 2. The molecule has 2 unspecified atom stereocenters. The van der Waals surface area contributed by atoms with Crippen molar-refractivity contribution in [2.45, 2.75) is 122 Å². The molecule has 35 heavy (non-hydrogen) atoms.